The average Bonchev–Trinajstić information content (AvgIpc) is 2.96. The second kappa shape index (κ2) is 13.5. The fraction of sp³-hybridized carbons (Fsp3) is 0.351. The summed E-state index contributed by atoms with van der Waals surface area (Å²) in [6.07, 6.45) is 0. The fourth-order valence-corrected chi connectivity index (χ4v) is 13.2. The third kappa shape index (κ3) is 6.88. The maximum absolute atomic E-state index is 6.00. The van der Waals surface area contributed by atoms with Gasteiger partial charge in [-0.3, -0.25) is 4.74 Å². The number of nitrogens with one attached hydrogen (secondary N) is 1. The maximum Gasteiger partial charge on any atom is 0.0691 e. The van der Waals surface area contributed by atoms with Crippen LogP contribution in [0, 0.1) is 0 Å². The standard InChI is InChI=1S/C37H48N2P2/c1-26(2)32-22-16-23-33(27(3)4)36(32)38-40(30-18-12-10-13-19-30)41(9,31-20-14-11-15-21-31)39-37-34(28(5)6)24-17-25-35(37)29(7)8/h10-29,38H,1-9H3/t40-,41-/m1/s1. The highest BCUT2D eigenvalue weighted by Gasteiger charge is 2.32. The molecule has 0 bridgehead atoms. The molecular formula is C37H48N2P2. The molecule has 0 unspecified atom stereocenters. The van der Waals surface area contributed by atoms with Gasteiger partial charge in [-0.2, -0.15) is 0 Å². The van der Waals surface area contributed by atoms with Crippen molar-refractivity contribution in [2.75, 3.05) is 11.8 Å². The van der Waals surface area contributed by atoms with Gasteiger partial charge in [-0.1, -0.05) is 152 Å². The second-order valence-corrected chi connectivity index (χ2v) is 19.8. The van der Waals surface area contributed by atoms with E-state index >= 15 is 0 Å². The third-order valence-corrected chi connectivity index (χ3v) is 16.0. The zero-order valence-corrected chi connectivity index (χ0v) is 28.2. The molecule has 4 aromatic carbocycles. The van der Waals surface area contributed by atoms with Crippen LogP contribution in [0.1, 0.15) is 101 Å². The molecule has 2 atom stereocenters. The molecule has 0 amide bonds. The van der Waals surface area contributed by atoms with E-state index in [0.717, 1.165) is 0 Å². The van der Waals surface area contributed by atoms with Gasteiger partial charge >= 0.3 is 0 Å². The van der Waals surface area contributed by atoms with Crippen molar-refractivity contribution in [2.24, 2.45) is 4.74 Å². The Labute approximate surface area is 250 Å². The van der Waals surface area contributed by atoms with E-state index in [0.29, 0.717) is 23.7 Å². The number of rotatable bonds is 10. The Balaban J connectivity index is 2.11. The summed E-state index contributed by atoms with van der Waals surface area (Å²) in [5.74, 6) is 1.61. The first-order valence-electron chi connectivity index (χ1n) is 15.1. The summed E-state index contributed by atoms with van der Waals surface area (Å²) >= 11 is 0. The molecule has 2 nitrogen and oxygen atoms in total. The van der Waals surface area contributed by atoms with Gasteiger partial charge in [-0.05, 0) is 57.9 Å². The Morgan fingerprint density at radius 3 is 1.39 bits per heavy atom. The summed E-state index contributed by atoms with van der Waals surface area (Å²) in [4.78, 5) is 0. The summed E-state index contributed by atoms with van der Waals surface area (Å²) < 4.78 is 6.00. The van der Waals surface area contributed by atoms with Crippen LogP contribution in [0.15, 0.2) is 102 Å². The molecule has 216 valence electrons. The average molecular weight is 583 g/mol. The monoisotopic (exact) mass is 582 g/mol. The highest BCUT2D eigenvalue weighted by atomic mass is 32.1. The van der Waals surface area contributed by atoms with Crippen LogP contribution < -0.4 is 15.7 Å². The van der Waals surface area contributed by atoms with Crippen molar-refractivity contribution in [3.05, 3.63) is 119 Å². The minimum absolute atomic E-state index is 0.391. The quantitative estimate of drug-likeness (QED) is 0.185. The molecule has 1 N–H and O–H groups in total. The minimum atomic E-state index is -2.20. The lowest BCUT2D eigenvalue weighted by atomic mass is 9.93. The molecule has 0 saturated carbocycles. The zero-order chi connectivity index (χ0) is 29.7. The number of anilines is 1. The van der Waals surface area contributed by atoms with Crippen LogP contribution in [0.25, 0.3) is 0 Å². The van der Waals surface area contributed by atoms with Crippen LogP contribution in [0.4, 0.5) is 11.4 Å². The van der Waals surface area contributed by atoms with Gasteiger partial charge in [0.25, 0.3) is 0 Å². The summed E-state index contributed by atoms with van der Waals surface area (Å²) in [5, 5.41) is 6.95. The summed E-state index contributed by atoms with van der Waals surface area (Å²) in [6, 6.07) is 35.8. The zero-order valence-electron chi connectivity index (χ0n) is 26.4. The van der Waals surface area contributed by atoms with Gasteiger partial charge in [-0.25, -0.2) is 0 Å². The van der Waals surface area contributed by atoms with Gasteiger partial charge in [0.15, 0.2) is 0 Å². The van der Waals surface area contributed by atoms with Crippen molar-refractivity contribution < 1.29 is 0 Å². The molecule has 0 aliphatic rings. The van der Waals surface area contributed by atoms with E-state index in [9.17, 15) is 0 Å². The highest BCUT2D eigenvalue weighted by molar-refractivity contribution is 8.40. The first kappa shape index (κ1) is 31.3. The van der Waals surface area contributed by atoms with E-state index < -0.39 is 14.5 Å². The van der Waals surface area contributed by atoms with Crippen molar-refractivity contribution in [3.8, 4) is 0 Å². The van der Waals surface area contributed by atoms with Crippen LogP contribution in [-0.2, 0) is 0 Å². The van der Waals surface area contributed by atoms with Crippen molar-refractivity contribution in [3.63, 3.8) is 0 Å². The number of benzene rings is 4. The van der Waals surface area contributed by atoms with Gasteiger partial charge in [0, 0.05) is 17.7 Å². The molecular weight excluding hydrogens is 534 g/mol. The Morgan fingerprint density at radius 2 is 0.951 bits per heavy atom. The Hall–Kier alpha value is -2.66. The fourth-order valence-electron chi connectivity index (χ4n) is 5.49. The number of hydrogen-bond donors (Lipinski definition) is 1. The molecule has 4 heteroatoms. The number of para-hydroxylation sites is 1. The van der Waals surface area contributed by atoms with E-state index in [1.807, 2.05) is 0 Å². The van der Waals surface area contributed by atoms with Gasteiger partial charge in [0.1, 0.15) is 0 Å². The third-order valence-electron chi connectivity index (χ3n) is 7.86. The molecule has 0 spiro atoms. The lowest BCUT2D eigenvalue weighted by molar-refractivity contribution is 0.835. The van der Waals surface area contributed by atoms with Crippen molar-refractivity contribution in [1.29, 1.82) is 0 Å². The number of hydrogen-bond acceptors (Lipinski definition) is 2. The maximum atomic E-state index is 6.00. The minimum Gasteiger partial charge on any atom is -0.355 e. The van der Waals surface area contributed by atoms with Crippen molar-refractivity contribution in [1.82, 2.24) is 0 Å². The smallest absolute Gasteiger partial charge is 0.0691 e. The molecule has 4 rings (SSSR count). The SMILES string of the molecule is CC(C)c1cccc(C(C)C)c1N=[P@@](C)(c1ccccc1)[P@@](Nc1c(C(C)C)cccc1C(C)C)c1ccccc1. The second-order valence-electron chi connectivity index (χ2n) is 12.3. The Morgan fingerprint density at radius 1 is 0.537 bits per heavy atom. The predicted molar refractivity (Wildman–Crippen MR) is 187 cm³/mol. The summed E-state index contributed by atoms with van der Waals surface area (Å²) in [6.45, 7) is 18.7. The molecule has 0 saturated heterocycles. The van der Waals surface area contributed by atoms with Crippen LogP contribution in [0.2, 0.25) is 0 Å². The topological polar surface area (TPSA) is 24.4 Å². The molecule has 0 fully saturated rings. The predicted octanol–water partition coefficient (Wildman–Crippen LogP) is 11.7. The van der Waals surface area contributed by atoms with E-state index in [1.165, 1.54) is 44.2 Å². The van der Waals surface area contributed by atoms with Crippen LogP contribution >= 0.6 is 14.5 Å². The summed E-state index contributed by atoms with van der Waals surface area (Å²) in [7, 11) is -0.928. The lowest BCUT2D eigenvalue weighted by Gasteiger charge is -2.35. The molecule has 41 heavy (non-hydrogen) atoms. The van der Waals surface area contributed by atoms with Gasteiger partial charge in [0.05, 0.1) is 13.4 Å². The van der Waals surface area contributed by atoms with E-state index in [4.69, 9.17) is 4.74 Å². The highest BCUT2D eigenvalue weighted by Crippen LogP contribution is 2.75. The van der Waals surface area contributed by atoms with Crippen LogP contribution in [0.5, 0.6) is 0 Å². The first-order valence-corrected chi connectivity index (χ1v) is 19.3. The Kier molecular flexibility index (Phi) is 10.3. The summed E-state index contributed by atoms with van der Waals surface area (Å²) in [5.41, 5.74) is 7.93. The molecule has 0 radical (unpaired) electrons. The van der Waals surface area contributed by atoms with E-state index in [-0.39, 0.29) is 0 Å². The first-order chi connectivity index (χ1) is 19.5. The molecule has 0 aliphatic heterocycles. The normalized spacial score (nSPS) is 14.0. The largest absolute Gasteiger partial charge is 0.355 e. The van der Waals surface area contributed by atoms with Gasteiger partial charge < -0.3 is 5.09 Å². The van der Waals surface area contributed by atoms with E-state index in [2.05, 4.69) is 164 Å². The number of nitrogens with zero attached hydrogens (tertiary/aromatic N) is 1. The molecule has 0 aliphatic carbocycles. The lowest BCUT2D eigenvalue weighted by Crippen LogP contribution is -2.15. The molecule has 0 aromatic heterocycles. The van der Waals surface area contributed by atoms with Crippen molar-refractivity contribution in [2.45, 2.75) is 79.1 Å². The van der Waals surface area contributed by atoms with Crippen molar-refractivity contribution >= 4 is 36.5 Å². The van der Waals surface area contributed by atoms with Gasteiger partial charge in [-0.15, -0.1) is 0 Å². The van der Waals surface area contributed by atoms with Crippen LogP contribution in [-0.4, -0.2) is 6.66 Å². The Bertz CT molecular complexity index is 1440. The molecule has 0 heterocycles. The van der Waals surface area contributed by atoms with Crippen LogP contribution in [0.3, 0.4) is 0 Å². The molecule has 4 aromatic rings. The van der Waals surface area contributed by atoms with Gasteiger partial charge in [0.2, 0.25) is 0 Å². The van der Waals surface area contributed by atoms with E-state index in [1.54, 1.807) is 0 Å².